The van der Waals surface area contributed by atoms with E-state index in [0.717, 1.165) is 5.56 Å². The van der Waals surface area contributed by atoms with Crippen LogP contribution in [0.3, 0.4) is 0 Å². The first-order chi connectivity index (χ1) is 10.1. The Morgan fingerprint density at radius 3 is 2.62 bits per heavy atom. The first kappa shape index (κ1) is 16.0. The normalized spacial score (nSPS) is 10.2. The van der Waals surface area contributed by atoms with Crippen LogP contribution in [0.1, 0.15) is 5.56 Å². The van der Waals surface area contributed by atoms with Gasteiger partial charge in [0.25, 0.3) is 0 Å². The summed E-state index contributed by atoms with van der Waals surface area (Å²) < 4.78 is 13.4. The van der Waals surface area contributed by atoms with Crippen LogP contribution in [0.15, 0.2) is 42.5 Å². The predicted molar refractivity (Wildman–Crippen MR) is 90.8 cm³/mol. The molecule has 0 aliphatic heterocycles. The molecular weight excluding hydrogens is 330 g/mol. The molecule has 2 rings (SSSR count). The number of rotatable bonds is 4. The molecule has 0 aromatic heterocycles. The maximum Gasteiger partial charge on any atom is 0.170 e. The maximum absolute atomic E-state index is 13.4. The molecular formula is C15H13Cl2FN2S. The Morgan fingerprint density at radius 1 is 1.14 bits per heavy atom. The molecule has 2 nitrogen and oxygen atoms in total. The van der Waals surface area contributed by atoms with Crippen LogP contribution >= 0.6 is 35.4 Å². The molecule has 2 aromatic rings. The lowest BCUT2D eigenvalue weighted by Gasteiger charge is -2.11. The van der Waals surface area contributed by atoms with E-state index < -0.39 is 0 Å². The van der Waals surface area contributed by atoms with Crippen molar-refractivity contribution in [1.82, 2.24) is 5.32 Å². The van der Waals surface area contributed by atoms with Gasteiger partial charge in [0, 0.05) is 16.6 Å². The molecule has 21 heavy (non-hydrogen) atoms. The van der Waals surface area contributed by atoms with Gasteiger partial charge in [-0.15, -0.1) is 0 Å². The van der Waals surface area contributed by atoms with Crippen molar-refractivity contribution in [3.05, 3.63) is 63.9 Å². The second-order valence-corrected chi connectivity index (χ2v) is 5.60. The quantitative estimate of drug-likeness (QED) is 0.790. The SMILES string of the molecule is Fc1ccccc1NC(=S)NCCc1ccc(Cl)cc1Cl. The van der Waals surface area contributed by atoms with Crippen LogP contribution in [0.5, 0.6) is 0 Å². The highest BCUT2D eigenvalue weighted by atomic mass is 35.5. The van der Waals surface area contributed by atoms with Crippen LogP contribution < -0.4 is 10.6 Å². The van der Waals surface area contributed by atoms with Gasteiger partial charge in [-0.25, -0.2) is 4.39 Å². The van der Waals surface area contributed by atoms with E-state index in [-0.39, 0.29) is 5.82 Å². The second kappa shape index (κ2) is 7.59. The fraction of sp³-hybridized carbons (Fsp3) is 0.133. The fourth-order valence-electron chi connectivity index (χ4n) is 1.76. The Balaban J connectivity index is 1.83. The number of nitrogens with one attached hydrogen (secondary N) is 2. The molecule has 0 spiro atoms. The van der Waals surface area contributed by atoms with Gasteiger partial charge in [-0.1, -0.05) is 41.4 Å². The monoisotopic (exact) mass is 342 g/mol. The van der Waals surface area contributed by atoms with Crippen molar-refractivity contribution in [2.45, 2.75) is 6.42 Å². The third-order valence-electron chi connectivity index (χ3n) is 2.82. The highest BCUT2D eigenvalue weighted by Gasteiger charge is 2.04. The van der Waals surface area contributed by atoms with Gasteiger partial charge >= 0.3 is 0 Å². The van der Waals surface area contributed by atoms with Crippen LogP contribution in [-0.4, -0.2) is 11.7 Å². The number of hydrogen-bond donors (Lipinski definition) is 2. The summed E-state index contributed by atoms with van der Waals surface area (Å²) in [6.45, 7) is 0.585. The number of anilines is 1. The second-order valence-electron chi connectivity index (χ2n) is 4.35. The standard InChI is InChI=1S/C15H13Cl2FN2S/c16-11-6-5-10(12(17)9-11)7-8-19-15(21)20-14-4-2-1-3-13(14)18/h1-6,9H,7-8H2,(H2,19,20,21). The lowest BCUT2D eigenvalue weighted by molar-refractivity contribution is 0.632. The molecule has 0 amide bonds. The highest BCUT2D eigenvalue weighted by Crippen LogP contribution is 2.21. The zero-order chi connectivity index (χ0) is 15.2. The van der Waals surface area contributed by atoms with E-state index in [2.05, 4.69) is 10.6 Å². The Bertz CT molecular complexity index is 649. The van der Waals surface area contributed by atoms with Gasteiger partial charge in [-0.2, -0.15) is 0 Å². The van der Waals surface area contributed by atoms with Crippen LogP contribution in [0.25, 0.3) is 0 Å². The van der Waals surface area contributed by atoms with Gasteiger partial charge in [0.2, 0.25) is 0 Å². The van der Waals surface area contributed by atoms with Crippen molar-refractivity contribution in [3.63, 3.8) is 0 Å². The van der Waals surface area contributed by atoms with Crippen molar-refractivity contribution in [2.24, 2.45) is 0 Å². The van der Waals surface area contributed by atoms with E-state index >= 15 is 0 Å². The van der Waals surface area contributed by atoms with Crippen molar-refractivity contribution < 1.29 is 4.39 Å². The van der Waals surface area contributed by atoms with Crippen LogP contribution in [-0.2, 0) is 6.42 Å². The third-order valence-corrected chi connectivity index (χ3v) is 3.65. The summed E-state index contributed by atoms with van der Waals surface area (Å²) in [6, 6.07) is 11.7. The average molecular weight is 343 g/mol. The summed E-state index contributed by atoms with van der Waals surface area (Å²) in [5, 5.41) is 7.42. The fourth-order valence-corrected chi connectivity index (χ4v) is 2.48. The van der Waals surface area contributed by atoms with Crippen molar-refractivity contribution in [1.29, 1.82) is 0 Å². The lowest BCUT2D eigenvalue weighted by Crippen LogP contribution is -2.30. The number of para-hydroxylation sites is 1. The molecule has 0 heterocycles. The molecule has 6 heteroatoms. The van der Waals surface area contributed by atoms with Crippen molar-refractivity contribution in [2.75, 3.05) is 11.9 Å². The van der Waals surface area contributed by atoms with Gasteiger partial charge in [-0.3, -0.25) is 0 Å². The van der Waals surface area contributed by atoms with Gasteiger partial charge in [0.1, 0.15) is 5.82 Å². The van der Waals surface area contributed by atoms with Crippen LogP contribution in [0.4, 0.5) is 10.1 Å². The minimum atomic E-state index is -0.345. The Morgan fingerprint density at radius 2 is 1.90 bits per heavy atom. The van der Waals surface area contributed by atoms with E-state index in [0.29, 0.717) is 33.8 Å². The average Bonchev–Trinajstić information content (AvgIpc) is 2.44. The summed E-state index contributed by atoms with van der Waals surface area (Å²) in [5.41, 5.74) is 1.32. The molecule has 2 N–H and O–H groups in total. The summed E-state index contributed by atoms with van der Waals surface area (Å²) in [6.07, 6.45) is 0.690. The molecule has 0 saturated heterocycles. The van der Waals surface area contributed by atoms with Crippen LogP contribution in [0, 0.1) is 5.82 Å². The smallest absolute Gasteiger partial charge is 0.170 e. The Kier molecular flexibility index (Phi) is 5.79. The van der Waals surface area contributed by atoms with E-state index in [9.17, 15) is 4.39 Å². The highest BCUT2D eigenvalue weighted by molar-refractivity contribution is 7.80. The van der Waals surface area contributed by atoms with Gasteiger partial charge < -0.3 is 10.6 Å². The van der Waals surface area contributed by atoms with Crippen LogP contribution in [0.2, 0.25) is 10.0 Å². The van der Waals surface area contributed by atoms with E-state index in [4.69, 9.17) is 35.4 Å². The molecule has 0 fully saturated rings. The van der Waals surface area contributed by atoms with Gasteiger partial charge in [-0.05, 0) is 48.5 Å². The Hall–Kier alpha value is -1.36. The van der Waals surface area contributed by atoms with E-state index in [1.807, 2.05) is 6.07 Å². The van der Waals surface area contributed by atoms with Crippen molar-refractivity contribution >= 4 is 46.2 Å². The van der Waals surface area contributed by atoms with E-state index in [1.165, 1.54) is 6.07 Å². The molecule has 0 unspecified atom stereocenters. The molecule has 0 aliphatic rings. The maximum atomic E-state index is 13.4. The molecule has 110 valence electrons. The molecule has 0 bridgehead atoms. The molecule has 0 aliphatic carbocycles. The third kappa shape index (κ3) is 4.84. The number of halogens is 3. The van der Waals surface area contributed by atoms with Gasteiger partial charge in [0.05, 0.1) is 5.69 Å². The first-order valence-electron chi connectivity index (χ1n) is 6.29. The minimum Gasteiger partial charge on any atom is -0.362 e. The lowest BCUT2D eigenvalue weighted by atomic mass is 10.1. The van der Waals surface area contributed by atoms with E-state index in [1.54, 1.807) is 30.3 Å². The zero-order valence-electron chi connectivity index (χ0n) is 11.0. The predicted octanol–water partition coefficient (Wildman–Crippen LogP) is 4.66. The number of benzene rings is 2. The largest absolute Gasteiger partial charge is 0.362 e. The molecule has 0 saturated carbocycles. The zero-order valence-corrected chi connectivity index (χ0v) is 13.3. The number of thiocarbonyl (C=S) groups is 1. The summed E-state index contributed by atoms with van der Waals surface area (Å²) in [4.78, 5) is 0. The molecule has 2 aromatic carbocycles. The molecule has 0 atom stereocenters. The Labute approximate surface area is 138 Å². The number of hydrogen-bond acceptors (Lipinski definition) is 1. The van der Waals surface area contributed by atoms with Crippen molar-refractivity contribution in [3.8, 4) is 0 Å². The summed E-state index contributed by atoms with van der Waals surface area (Å²) in [7, 11) is 0. The minimum absolute atomic E-state index is 0.345. The van der Waals surface area contributed by atoms with Gasteiger partial charge in [0.15, 0.2) is 5.11 Å². The summed E-state index contributed by atoms with van der Waals surface area (Å²) >= 11 is 17.0. The molecule has 0 radical (unpaired) electrons. The first-order valence-corrected chi connectivity index (χ1v) is 7.46. The topological polar surface area (TPSA) is 24.1 Å². The summed E-state index contributed by atoms with van der Waals surface area (Å²) in [5.74, 6) is -0.345.